The first-order valence-electron chi connectivity index (χ1n) is 9.86. The third-order valence-corrected chi connectivity index (χ3v) is 5.93. The minimum atomic E-state index is -2.70. The molecule has 1 aliphatic rings. The van der Waals surface area contributed by atoms with Crippen molar-refractivity contribution < 1.29 is 13.6 Å². The van der Waals surface area contributed by atoms with Gasteiger partial charge in [-0.2, -0.15) is 10.1 Å². The van der Waals surface area contributed by atoms with Crippen molar-refractivity contribution in [3.8, 4) is 0 Å². The Morgan fingerprint density at radius 2 is 2.10 bits per heavy atom. The van der Waals surface area contributed by atoms with E-state index in [1.165, 1.54) is 16.9 Å². The van der Waals surface area contributed by atoms with Gasteiger partial charge in [-0.15, -0.1) is 0 Å². The summed E-state index contributed by atoms with van der Waals surface area (Å²) in [6.45, 7) is 3.12. The van der Waals surface area contributed by atoms with Crippen molar-refractivity contribution in [3.05, 3.63) is 66.0 Å². The lowest BCUT2D eigenvalue weighted by Crippen LogP contribution is -2.42. The number of fused-ring (bicyclic) bond motifs is 2. The molecule has 4 aromatic rings. The molecule has 0 radical (unpaired) electrons. The molecule has 0 N–H and O–H groups in total. The highest BCUT2D eigenvalue weighted by Crippen LogP contribution is 2.34. The fourth-order valence-electron chi connectivity index (χ4n) is 4.22. The van der Waals surface area contributed by atoms with Crippen LogP contribution in [-0.2, 0) is 0 Å². The number of carbonyl (C=O) groups is 1. The van der Waals surface area contributed by atoms with Crippen molar-refractivity contribution in [3.63, 3.8) is 0 Å². The summed E-state index contributed by atoms with van der Waals surface area (Å²) >= 11 is 0. The minimum Gasteiger partial charge on any atom is -0.338 e. The molecule has 4 aromatic heterocycles. The van der Waals surface area contributed by atoms with Crippen LogP contribution >= 0.6 is 0 Å². The van der Waals surface area contributed by atoms with Crippen LogP contribution in [0.3, 0.4) is 0 Å². The van der Waals surface area contributed by atoms with Gasteiger partial charge in [0, 0.05) is 42.5 Å². The normalized spacial score (nSPS) is 19.8. The third-order valence-electron chi connectivity index (χ3n) is 5.93. The van der Waals surface area contributed by atoms with E-state index in [4.69, 9.17) is 0 Å². The van der Waals surface area contributed by atoms with Gasteiger partial charge in [0.15, 0.2) is 0 Å². The molecule has 1 saturated heterocycles. The molecule has 1 aliphatic heterocycles. The molecule has 1 fully saturated rings. The monoisotopic (exact) mass is 410 g/mol. The number of likely N-dealkylation sites (tertiary alicyclic amines) is 1. The zero-order valence-electron chi connectivity index (χ0n) is 16.3. The summed E-state index contributed by atoms with van der Waals surface area (Å²) in [4.78, 5) is 22.9. The Bertz CT molecular complexity index is 1230. The largest absolute Gasteiger partial charge is 0.338 e. The Morgan fingerprint density at radius 1 is 1.23 bits per heavy atom. The number of rotatable bonds is 3. The zero-order valence-corrected chi connectivity index (χ0v) is 16.3. The third kappa shape index (κ3) is 3.10. The Hall–Kier alpha value is -3.36. The second-order valence-electron chi connectivity index (χ2n) is 7.76. The lowest BCUT2D eigenvalue weighted by Gasteiger charge is -2.37. The predicted octanol–water partition coefficient (Wildman–Crippen LogP) is 3.58. The van der Waals surface area contributed by atoms with Gasteiger partial charge < -0.3 is 9.30 Å². The van der Waals surface area contributed by atoms with Gasteiger partial charge >= 0.3 is 0 Å². The van der Waals surface area contributed by atoms with E-state index in [1.54, 1.807) is 11.0 Å². The molecule has 1 amide bonds. The number of halogens is 2. The number of pyridine rings is 1. The van der Waals surface area contributed by atoms with Gasteiger partial charge in [-0.25, -0.2) is 18.3 Å². The maximum absolute atomic E-state index is 13.4. The maximum Gasteiger partial charge on any atom is 0.280 e. The van der Waals surface area contributed by atoms with Crippen molar-refractivity contribution in [2.24, 2.45) is 5.92 Å². The number of nitrogens with zero attached hydrogens (tertiary/aromatic N) is 6. The number of amides is 1. The first-order chi connectivity index (χ1) is 14.5. The van der Waals surface area contributed by atoms with Crippen LogP contribution in [0.15, 0.2) is 49.1 Å². The van der Waals surface area contributed by atoms with Gasteiger partial charge in [-0.1, -0.05) is 6.92 Å². The van der Waals surface area contributed by atoms with Crippen LogP contribution in [0.5, 0.6) is 0 Å². The number of piperidine rings is 1. The van der Waals surface area contributed by atoms with Crippen molar-refractivity contribution >= 4 is 17.2 Å². The predicted molar refractivity (Wildman–Crippen MR) is 106 cm³/mol. The molecule has 0 saturated carbocycles. The van der Waals surface area contributed by atoms with Crippen LogP contribution in [0, 0.1) is 5.92 Å². The summed E-state index contributed by atoms with van der Waals surface area (Å²) in [5.41, 5.74) is 1.85. The average molecular weight is 410 g/mol. The highest BCUT2D eigenvalue weighted by molar-refractivity contribution is 5.95. The van der Waals surface area contributed by atoms with E-state index in [0.29, 0.717) is 24.3 Å². The van der Waals surface area contributed by atoms with E-state index >= 15 is 0 Å². The van der Waals surface area contributed by atoms with Crippen LogP contribution in [0.4, 0.5) is 8.78 Å². The fourth-order valence-corrected chi connectivity index (χ4v) is 4.22. The molecular weight excluding hydrogens is 390 g/mol. The van der Waals surface area contributed by atoms with E-state index in [9.17, 15) is 13.6 Å². The second-order valence-corrected chi connectivity index (χ2v) is 7.76. The zero-order chi connectivity index (χ0) is 20.8. The highest BCUT2D eigenvalue weighted by Gasteiger charge is 2.33. The summed E-state index contributed by atoms with van der Waals surface area (Å²) in [7, 11) is 0. The molecular formula is C21H20F2N6O. The topological polar surface area (TPSA) is 67.8 Å². The highest BCUT2D eigenvalue weighted by atomic mass is 19.3. The fraction of sp³-hybridized carbons (Fsp3) is 0.333. The van der Waals surface area contributed by atoms with Gasteiger partial charge in [0.2, 0.25) is 0 Å². The van der Waals surface area contributed by atoms with Crippen LogP contribution in [0.1, 0.15) is 47.4 Å². The summed E-state index contributed by atoms with van der Waals surface area (Å²) in [5.74, 6) is 0.137. The van der Waals surface area contributed by atoms with Gasteiger partial charge in [0.25, 0.3) is 18.1 Å². The SMILES string of the molecule is C[C@@H]1CCN(C(=O)c2ccn3cccc3c2)C[C@H]1c1cc(C(F)F)nc2ncnn12. The van der Waals surface area contributed by atoms with Crippen molar-refractivity contribution in [2.45, 2.75) is 25.7 Å². The molecule has 2 atom stereocenters. The first-order valence-corrected chi connectivity index (χ1v) is 9.86. The van der Waals surface area contributed by atoms with E-state index in [1.807, 2.05) is 35.0 Å². The lowest BCUT2D eigenvalue weighted by atomic mass is 9.84. The van der Waals surface area contributed by atoms with Crippen molar-refractivity contribution in [1.29, 1.82) is 0 Å². The average Bonchev–Trinajstić information content (AvgIpc) is 3.41. The Balaban J connectivity index is 1.48. The lowest BCUT2D eigenvalue weighted by molar-refractivity contribution is 0.0665. The maximum atomic E-state index is 13.4. The molecule has 0 unspecified atom stereocenters. The molecule has 0 spiro atoms. The molecule has 0 aromatic carbocycles. The van der Waals surface area contributed by atoms with Crippen LogP contribution in [0.25, 0.3) is 11.3 Å². The van der Waals surface area contributed by atoms with Gasteiger partial charge in [-0.3, -0.25) is 4.79 Å². The van der Waals surface area contributed by atoms with E-state index < -0.39 is 6.43 Å². The van der Waals surface area contributed by atoms with Crippen molar-refractivity contribution in [1.82, 2.24) is 28.9 Å². The van der Waals surface area contributed by atoms with Crippen LogP contribution < -0.4 is 0 Å². The Morgan fingerprint density at radius 3 is 2.93 bits per heavy atom. The minimum absolute atomic E-state index is 0.0615. The molecule has 9 heteroatoms. The van der Waals surface area contributed by atoms with Gasteiger partial charge in [0.1, 0.15) is 12.0 Å². The molecule has 154 valence electrons. The number of carbonyl (C=O) groups excluding carboxylic acids is 1. The standard InChI is InChI=1S/C21H20F2N6O/c1-13-4-7-28(20(30)14-5-8-27-6-2-3-15(27)9-14)11-16(13)18-10-17(19(22)23)26-21-24-12-25-29(18)21/h2-3,5-6,8-10,12-13,16,19H,4,7,11H2,1H3/t13-,16-/m1/s1. The molecule has 0 aliphatic carbocycles. The molecule has 7 nitrogen and oxygen atoms in total. The van der Waals surface area contributed by atoms with E-state index in [0.717, 1.165) is 11.9 Å². The number of hydrogen-bond donors (Lipinski definition) is 0. The Kier molecular flexibility index (Phi) is 4.45. The van der Waals surface area contributed by atoms with Crippen molar-refractivity contribution in [2.75, 3.05) is 13.1 Å². The Labute approximate surface area is 171 Å². The summed E-state index contributed by atoms with van der Waals surface area (Å²) < 4.78 is 30.2. The summed E-state index contributed by atoms with van der Waals surface area (Å²) in [6, 6.07) is 8.94. The summed E-state index contributed by atoms with van der Waals surface area (Å²) in [6.07, 6.45) is 3.17. The number of hydrogen-bond acceptors (Lipinski definition) is 4. The molecule has 5 heterocycles. The first kappa shape index (κ1) is 18.7. The molecule has 30 heavy (non-hydrogen) atoms. The number of alkyl halides is 2. The van der Waals surface area contributed by atoms with Crippen LogP contribution in [-0.4, -0.2) is 47.9 Å². The quantitative estimate of drug-likeness (QED) is 0.518. The summed E-state index contributed by atoms with van der Waals surface area (Å²) in [5, 5.41) is 4.18. The van der Waals surface area contributed by atoms with Gasteiger partial charge in [-0.05, 0) is 42.7 Å². The smallest absolute Gasteiger partial charge is 0.280 e. The second kappa shape index (κ2) is 7.16. The van der Waals surface area contributed by atoms with E-state index in [2.05, 4.69) is 22.0 Å². The number of aromatic nitrogens is 5. The van der Waals surface area contributed by atoms with Crippen LogP contribution in [0.2, 0.25) is 0 Å². The molecule has 0 bridgehead atoms. The van der Waals surface area contributed by atoms with E-state index in [-0.39, 0.29) is 29.2 Å². The van der Waals surface area contributed by atoms with Gasteiger partial charge in [0.05, 0.1) is 5.69 Å². The molecule has 5 rings (SSSR count).